The maximum Gasteiger partial charge on any atom is 0.199 e. The first-order chi connectivity index (χ1) is 10.5. The summed E-state index contributed by atoms with van der Waals surface area (Å²) in [5.74, 6) is 0. The molecule has 22 heavy (non-hydrogen) atoms. The average molecular weight is 312 g/mol. The summed E-state index contributed by atoms with van der Waals surface area (Å²) < 4.78 is 24.6. The lowest BCUT2D eigenvalue weighted by Crippen LogP contribution is -1.96. The molecule has 0 saturated carbocycles. The number of hydrogen-bond donors (Lipinski definition) is 0. The third kappa shape index (κ3) is 4.18. The molecule has 0 atom stereocenters. The fraction of sp³-hybridized carbons (Fsp3) is 0.158. The van der Waals surface area contributed by atoms with E-state index in [-0.39, 0.29) is 0 Å². The standard InChI is InChI=1S/C19H20O2S/c1-3-16(2)15-18-10-8-7-9-17(18)13-14-22(20,21)19-11-5-4-6-12-19/h3-14H,15H2,1-2H3/b14-13+,16-3+. The molecule has 0 unspecified atom stereocenters. The number of sulfone groups is 1. The van der Waals surface area contributed by atoms with Crippen LogP contribution >= 0.6 is 0 Å². The SMILES string of the molecule is C/C=C(\C)Cc1ccccc1/C=C/S(=O)(=O)c1ccccc1. The highest BCUT2D eigenvalue weighted by Gasteiger charge is 2.09. The molecule has 0 radical (unpaired) electrons. The molecule has 2 aromatic carbocycles. The van der Waals surface area contributed by atoms with Gasteiger partial charge in [-0.15, -0.1) is 0 Å². The van der Waals surface area contributed by atoms with E-state index >= 15 is 0 Å². The third-order valence-corrected chi connectivity index (χ3v) is 4.94. The van der Waals surface area contributed by atoms with Crippen LogP contribution in [0.2, 0.25) is 0 Å². The van der Waals surface area contributed by atoms with E-state index in [0.29, 0.717) is 4.90 Å². The predicted octanol–water partition coefficient (Wildman–Crippen LogP) is 4.64. The summed E-state index contributed by atoms with van der Waals surface area (Å²) in [6, 6.07) is 16.3. The van der Waals surface area contributed by atoms with Gasteiger partial charge in [-0.1, -0.05) is 54.1 Å². The van der Waals surface area contributed by atoms with Crippen LogP contribution in [0.3, 0.4) is 0 Å². The topological polar surface area (TPSA) is 34.1 Å². The van der Waals surface area contributed by atoms with Crippen LogP contribution in [0, 0.1) is 0 Å². The van der Waals surface area contributed by atoms with Crippen molar-refractivity contribution in [2.24, 2.45) is 0 Å². The van der Waals surface area contributed by atoms with Gasteiger partial charge in [0.25, 0.3) is 0 Å². The third-order valence-electron chi connectivity index (χ3n) is 3.52. The highest BCUT2D eigenvalue weighted by atomic mass is 32.2. The van der Waals surface area contributed by atoms with Gasteiger partial charge in [-0.05, 0) is 49.6 Å². The van der Waals surface area contributed by atoms with Crippen molar-refractivity contribution in [3.05, 3.63) is 82.8 Å². The minimum Gasteiger partial charge on any atom is -0.219 e. The lowest BCUT2D eigenvalue weighted by molar-refractivity contribution is 0.605. The highest BCUT2D eigenvalue weighted by molar-refractivity contribution is 7.94. The Balaban J connectivity index is 2.31. The van der Waals surface area contributed by atoms with E-state index in [0.717, 1.165) is 17.5 Å². The lowest BCUT2D eigenvalue weighted by atomic mass is 10.0. The first kappa shape index (κ1) is 16.2. The Morgan fingerprint density at radius 2 is 1.64 bits per heavy atom. The Labute approximate surface area is 132 Å². The molecular formula is C19H20O2S. The summed E-state index contributed by atoms with van der Waals surface area (Å²) in [6.07, 6.45) is 4.57. The molecule has 0 aliphatic rings. The molecule has 2 nitrogen and oxygen atoms in total. The van der Waals surface area contributed by atoms with Gasteiger partial charge >= 0.3 is 0 Å². The predicted molar refractivity (Wildman–Crippen MR) is 92.2 cm³/mol. The van der Waals surface area contributed by atoms with Crippen LogP contribution in [-0.2, 0) is 16.3 Å². The van der Waals surface area contributed by atoms with Crippen molar-refractivity contribution < 1.29 is 8.42 Å². The van der Waals surface area contributed by atoms with Crippen LogP contribution in [0.15, 0.2) is 76.5 Å². The van der Waals surface area contributed by atoms with Crippen LogP contribution in [-0.4, -0.2) is 8.42 Å². The second-order valence-electron chi connectivity index (χ2n) is 5.17. The summed E-state index contributed by atoms with van der Waals surface area (Å²) in [6.45, 7) is 4.08. The minimum absolute atomic E-state index is 0.313. The van der Waals surface area contributed by atoms with E-state index in [1.807, 2.05) is 31.2 Å². The van der Waals surface area contributed by atoms with Gasteiger partial charge < -0.3 is 0 Å². The molecule has 0 N–H and O–H groups in total. The van der Waals surface area contributed by atoms with Crippen molar-refractivity contribution in [3.8, 4) is 0 Å². The van der Waals surface area contributed by atoms with Crippen LogP contribution in [0.5, 0.6) is 0 Å². The van der Waals surface area contributed by atoms with E-state index in [1.165, 1.54) is 11.0 Å². The summed E-state index contributed by atoms with van der Waals surface area (Å²) in [7, 11) is -3.40. The number of hydrogen-bond acceptors (Lipinski definition) is 2. The van der Waals surface area contributed by atoms with Gasteiger partial charge in [0, 0.05) is 5.41 Å². The molecule has 3 heteroatoms. The molecule has 0 aromatic heterocycles. The van der Waals surface area contributed by atoms with Gasteiger partial charge in [-0.2, -0.15) is 0 Å². The maximum atomic E-state index is 12.3. The molecule has 114 valence electrons. The Hall–Kier alpha value is -2.13. The van der Waals surface area contributed by atoms with E-state index in [1.54, 1.807) is 36.4 Å². The van der Waals surface area contributed by atoms with Gasteiger partial charge in [-0.25, -0.2) is 8.42 Å². The Kier molecular flexibility index (Phi) is 5.34. The molecular weight excluding hydrogens is 292 g/mol. The molecule has 0 fully saturated rings. The molecule has 0 heterocycles. The molecule has 0 saturated heterocycles. The van der Waals surface area contributed by atoms with Crippen molar-refractivity contribution in [1.29, 1.82) is 0 Å². The summed E-state index contributed by atoms with van der Waals surface area (Å²) in [5.41, 5.74) is 3.31. The smallest absolute Gasteiger partial charge is 0.199 e. The zero-order chi connectivity index (χ0) is 16.0. The van der Waals surface area contributed by atoms with Gasteiger partial charge in [0.2, 0.25) is 0 Å². The molecule has 0 bridgehead atoms. The van der Waals surface area contributed by atoms with Crippen molar-refractivity contribution >= 4 is 15.9 Å². The molecule has 0 aliphatic carbocycles. The van der Waals surface area contributed by atoms with Crippen molar-refractivity contribution in [2.45, 2.75) is 25.2 Å². The zero-order valence-electron chi connectivity index (χ0n) is 12.9. The van der Waals surface area contributed by atoms with Gasteiger partial charge in [0.15, 0.2) is 9.84 Å². The normalized spacial score (nSPS) is 12.7. The average Bonchev–Trinajstić information content (AvgIpc) is 2.55. The first-order valence-electron chi connectivity index (χ1n) is 7.21. The second-order valence-corrected chi connectivity index (χ2v) is 7.01. The van der Waals surface area contributed by atoms with E-state index in [4.69, 9.17) is 0 Å². The fourth-order valence-electron chi connectivity index (χ4n) is 2.11. The fourth-order valence-corrected chi connectivity index (χ4v) is 3.13. The summed E-state index contributed by atoms with van der Waals surface area (Å²) in [5, 5.41) is 1.28. The quantitative estimate of drug-likeness (QED) is 0.754. The van der Waals surface area contributed by atoms with Gasteiger partial charge in [-0.3, -0.25) is 0 Å². The molecule has 0 spiro atoms. The molecule has 0 aliphatic heterocycles. The minimum atomic E-state index is -3.40. The van der Waals surface area contributed by atoms with E-state index < -0.39 is 9.84 Å². The number of benzene rings is 2. The van der Waals surface area contributed by atoms with Crippen molar-refractivity contribution in [3.63, 3.8) is 0 Å². The summed E-state index contributed by atoms with van der Waals surface area (Å²) in [4.78, 5) is 0.313. The lowest BCUT2D eigenvalue weighted by Gasteiger charge is -2.06. The van der Waals surface area contributed by atoms with E-state index in [9.17, 15) is 8.42 Å². The highest BCUT2D eigenvalue weighted by Crippen LogP contribution is 2.18. The van der Waals surface area contributed by atoms with Crippen LogP contribution in [0.4, 0.5) is 0 Å². The van der Waals surface area contributed by atoms with Gasteiger partial charge in [0.05, 0.1) is 4.90 Å². The Morgan fingerprint density at radius 3 is 2.32 bits per heavy atom. The second kappa shape index (κ2) is 7.23. The zero-order valence-corrected chi connectivity index (χ0v) is 13.7. The van der Waals surface area contributed by atoms with Crippen LogP contribution < -0.4 is 0 Å². The largest absolute Gasteiger partial charge is 0.219 e. The number of rotatable bonds is 5. The monoisotopic (exact) mass is 312 g/mol. The first-order valence-corrected chi connectivity index (χ1v) is 8.75. The Morgan fingerprint density at radius 1 is 1.00 bits per heavy atom. The van der Waals surface area contributed by atoms with Crippen molar-refractivity contribution in [2.75, 3.05) is 0 Å². The molecule has 2 rings (SSSR count). The molecule has 0 amide bonds. The molecule has 2 aromatic rings. The number of allylic oxidation sites excluding steroid dienone is 2. The summed E-state index contributed by atoms with van der Waals surface area (Å²) >= 11 is 0. The van der Waals surface area contributed by atoms with Gasteiger partial charge in [0.1, 0.15) is 0 Å². The van der Waals surface area contributed by atoms with Crippen LogP contribution in [0.1, 0.15) is 25.0 Å². The maximum absolute atomic E-state index is 12.3. The van der Waals surface area contributed by atoms with Crippen LogP contribution in [0.25, 0.3) is 6.08 Å². The Bertz CT molecular complexity index is 785. The van der Waals surface area contributed by atoms with Crippen molar-refractivity contribution in [1.82, 2.24) is 0 Å². The van der Waals surface area contributed by atoms with E-state index in [2.05, 4.69) is 13.0 Å².